The van der Waals surface area contributed by atoms with Crippen LogP contribution < -0.4 is 5.32 Å². The molecule has 8 heteroatoms. The first-order valence-electron chi connectivity index (χ1n) is 7.55. The normalized spacial score (nSPS) is 18.9. The van der Waals surface area contributed by atoms with E-state index < -0.39 is 35.7 Å². The minimum absolute atomic E-state index is 0.0535. The van der Waals surface area contributed by atoms with E-state index in [1.807, 2.05) is 0 Å². The third-order valence-electron chi connectivity index (χ3n) is 3.32. The molecule has 1 aliphatic rings. The summed E-state index contributed by atoms with van der Waals surface area (Å²) >= 11 is 0. The van der Waals surface area contributed by atoms with Crippen LogP contribution in [0.4, 0.5) is 4.79 Å². The highest BCUT2D eigenvalue weighted by Gasteiger charge is 2.34. The Morgan fingerprint density at radius 2 is 2.09 bits per heavy atom. The van der Waals surface area contributed by atoms with Gasteiger partial charge in [0, 0.05) is 13.0 Å². The summed E-state index contributed by atoms with van der Waals surface area (Å²) in [5.41, 5.74) is -0.729. The second-order valence-corrected chi connectivity index (χ2v) is 6.45. The van der Waals surface area contributed by atoms with Crippen molar-refractivity contribution >= 4 is 18.0 Å². The second-order valence-electron chi connectivity index (χ2n) is 6.45. The molecule has 23 heavy (non-hydrogen) atoms. The van der Waals surface area contributed by atoms with Crippen LogP contribution in [-0.4, -0.2) is 52.2 Å². The van der Waals surface area contributed by atoms with Gasteiger partial charge >= 0.3 is 12.1 Å². The molecule has 0 aromatic carbocycles. The summed E-state index contributed by atoms with van der Waals surface area (Å²) in [5.74, 6) is -1.51. The van der Waals surface area contributed by atoms with Crippen molar-refractivity contribution in [2.45, 2.75) is 64.1 Å². The Labute approximate surface area is 135 Å². The number of rotatable bonds is 5. The van der Waals surface area contributed by atoms with Crippen LogP contribution in [0.25, 0.3) is 0 Å². The number of nitriles is 1. The molecule has 128 valence electrons. The van der Waals surface area contributed by atoms with Gasteiger partial charge in [0.25, 0.3) is 0 Å². The highest BCUT2D eigenvalue weighted by Crippen LogP contribution is 2.19. The van der Waals surface area contributed by atoms with Gasteiger partial charge in [0.15, 0.2) is 0 Å². The predicted octanol–water partition coefficient (Wildman–Crippen LogP) is 1.26. The lowest BCUT2D eigenvalue weighted by Crippen LogP contribution is -2.51. The maximum Gasteiger partial charge on any atom is 0.408 e. The molecule has 0 bridgehead atoms. The summed E-state index contributed by atoms with van der Waals surface area (Å²) in [6.45, 7) is 5.49. The molecule has 2 atom stereocenters. The number of amides is 2. The van der Waals surface area contributed by atoms with Gasteiger partial charge < -0.3 is 20.1 Å². The number of nitrogens with one attached hydrogen (secondary N) is 1. The van der Waals surface area contributed by atoms with Crippen molar-refractivity contribution in [2.75, 3.05) is 6.54 Å². The van der Waals surface area contributed by atoms with E-state index in [1.165, 1.54) is 4.90 Å². The Hall–Kier alpha value is -2.30. The van der Waals surface area contributed by atoms with Crippen LogP contribution in [0, 0.1) is 11.3 Å². The lowest BCUT2D eigenvalue weighted by Gasteiger charge is -2.27. The Balaban J connectivity index is 2.79. The van der Waals surface area contributed by atoms with Gasteiger partial charge in [-0.15, -0.1) is 0 Å². The summed E-state index contributed by atoms with van der Waals surface area (Å²) < 4.78 is 5.11. The number of alkyl carbamates (subject to hydrolysis) is 1. The molecule has 2 N–H and O–H groups in total. The van der Waals surface area contributed by atoms with E-state index in [9.17, 15) is 14.4 Å². The molecule has 0 aliphatic carbocycles. The van der Waals surface area contributed by atoms with Crippen LogP contribution >= 0.6 is 0 Å². The number of nitrogens with zero attached hydrogens (tertiary/aromatic N) is 2. The van der Waals surface area contributed by atoms with Crippen LogP contribution in [-0.2, 0) is 14.3 Å². The third-order valence-corrected chi connectivity index (χ3v) is 3.32. The van der Waals surface area contributed by atoms with Crippen molar-refractivity contribution in [3.05, 3.63) is 0 Å². The van der Waals surface area contributed by atoms with Crippen LogP contribution in [0.15, 0.2) is 0 Å². The van der Waals surface area contributed by atoms with Crippen molar-refractivity contribution in [2.24, 2.45) is 0 Å². The smallest absolute Gasteiger partial charge is 0.408 e. The topological polar surface area (TPSA) is 120 Å². The first kappa shape index (κ1) is 18.7. The first-order chi connectivity index (χ1) is 10.6. The maximum atomic E-state index is 12.5. The van der Waals surface area contributed by atoms with E-state index in [1.54, 1.807) is 20.8 Å². The maximum absolute atomic E-state index is 12.5. The largest absolute Gasteiger partial charge is 0.481 e. The standard InChI is InChI=1S/C15H23N3O5/c1-15(2,3)23-14(22)17-11(6-7-12(19)20)13(21)18-8-4-5-10(18)9-16/h10-11H,4-8H2,1-3H3,(H,17,22)(H,19,20)/t10?,11-/m0/s1. The molecule has 1 aliphatic heterocycles. The molecule has 0 aromatic heterocycles. The van der Waals surface area contributed by atoms with E-state index in [0.717, 1.165) is 0 Å². The minimum Gasteiger partial charge on any atom is -0.481 e. The number of carboxylic acids is 1. The molecule has 0 spiro atoms. The first-order valence-corrected chi connectivity index (χ1v) is 7.55. The van der Waals surface area contributed by atoms with Crippen molar-refractivity contribution in [1.29, 1.82) is 5.26 Å². The lowest BCUT2D eigenvalue weighted by molar-refractivity contribution is -0.138. The summed E-state index contributed by atoms with van der Waals surface area (Å²) in [5, 5.41) is 20.3. The molecular weight excluding hydrogens is 302 g/mol. The number of carbonyl (C=O) groups is 3. The zero-order chi connectivity index (χ0) is 17.6. The fraction of sp³-hybridized carbons (Fsp3) is 0.733. The van der Waals surface area contributed by atoms with Gasteiger partial charge in [-0.3, -0.25) is 9.59 Å². The lowest BCUT2D eigenvalue weighted by atomic mass is 10.1. The van der Waals surface area contributed by atoms with E-state index >= 15 is 0 Å². The summed E-state index contributed by atoms with van der Waals surface area (Å²) in [7, 11) is 0. The number of hydrogen-bond donors (Lipinski definition) is 2. The zero-order valence-electron chi connectivity index (χ0n) is 13.7. The Bertz CT molecular complexity index is 506. The van der Waals surface area contributed by atoms with E-state index in [-0.39, 0.29) is 12.8 Å². The van der Waals surface area contributed by atoms with Crippen molar-refractivity contribution in [1.82, 2.24) is 10.2 Å². The quantitative estimate of drug-likeness (QED) is 0.785. The molecule has 0 aromatic rings. The molecule has 1 fully saturated rings. The number of ether oxygens (including phenoxy) is 1. The number of carboxylic acid groups (broad SMARTS) is 1. The summed E-state index contributed by atoms with van der Waals surface area (Å²) in [6.07, 6.45) is 0.191. The van der Waals surface area contributed by atoms with E-state index in [4.69, 9.17) is 15.1 Å². The highest BCUT2D eigenvalue weighted by molar-refractivity contribution is 5.87. The van der Waals surface area contributed by atoms with Crippen molar-refractivity contribution < 1.29 is 24.2 Å². The van der Waals surface area contributed by atoms with Gasteiger partial charge in [-0.05, 0) is 40.0 Å². The SMILES string of the molecule is CC(C)(C)OC(=O)N[C@@H](CCC(=O)O)C(=O)N1CCCC1C#N. The molecule has 8 nitrogen and oxygen atoms in total. The number of hydrogen-bond acceptors (Lipinski definition) is 5. The van der Waals surface area contributed by atoms with Crippen LogP contribution in [0.3, 0.4) is 0 Å². The van der Waals surface area contributed by atoms with Crippen molar-refractivity contribution in [3.8, 4) is 6.07 Å². The van der Waals surface area contributed by atoms with Gasteiger partial charge in [-0.2, -0.15) is 5.26 Å². The molecule has 0 saturated carbocycles. The Kier molecular flexibility index (Phi) is 6.37. The fourth-order valence-corrected chi connectivity index (χ4v) is 2.34. The van der Waals surface area contributed by atoms with E-state index in [2.05, 4.69) is 11.4 Å². The van der Waals surface area contributed by atoms with Crippen LogP contribution in [0.2, 0.25) is 0 Å². The number of carbonyl (C=O) groups excluding carboxylic acids is 2. The highest BCUT2D eigenvalue weighted by atomic mass is 16.6. The van der Waals surface area contributed by atoms with Crippen LogP contribution in [0.5, 0.6) is 0 Å². The minimum atomic E-state index is -1.06. The molecule has 1 saturated heterocycles. The summed E-state index contributed by atoms with van der Waals surface area (Å²) in [4.78, 5) is 36.6. The number of likely N-dealkylation sites (tertiary alicyclic amines) is 1. The third kappa shape index (κ3) is 6.14. The fourth-order valence-electron chi connectivity index (χ4n) is 2.34. The van der Waals surface area contributed by atoms with Gasteiger partial charge in [0.05, 0.1) is 6.07 Å². The molecule has 1 rings (SSSR count). The zero-order valence-corrected chi connectivity index (χ0v) is 13.7. The average molecular weight is 325 g/mol. The monoisotopic (exact) mass is 325 g/mol. The Morgan fingerprint density at radius 1 is 1.43 bits per heavy atom. The van der Waals surface area contributed by atoms with Gasteiger partial charge in [-0.25, -0.2) is 4.79 Å². The number of aliphatic carboxylic acids is 1. The average Bonchev–Trinajstić information content (AvgIpc) is 2.88. The molecule has 1 unspecified atom stereocenters. The molecule has 1 heterocycles. The molecular formula is C15H23N3O5. The Morgan fingerprint density at radius 3 is 2.61 bits per heavy atom. The van der Waals surface area contributed by atoms with Gasteiger partial charge in [-0.1, -0.05) is 0 Å². The second kappa shape index (κ2) is 7.81. The molecule has 2 amide bonds. The van der Waals surface area contributed by atoms with E-state index in [0.29, 0.717) is 19.4 Å². The predicted molar refractivity (Wildman–Crippen MR) is 80.4 cm³/mol. The van der Waals surface area contributed by atoms with Crippen molar-refractivity contribution in [3.63, 3.8) is 0 Å². The van der Waals surface area contributed by atoms with Gasteiger partial charge in [0.2, 0.25) is 5.91 Å². The van der Waals surface area contributed by atoms with Gasteiger partial charge in [0.1, 0.15) is 17.7 Å². The summed E-state index contributed by atoms with van der Waals surface area (Å²) in [6, 6.07) is 0.500. The van der Waals surface area contributed by atoms with Crippen LogP contribution in [0.1, 0.15) is 46.5 Å². The molecule has 0 radical (unpaired) electrons.